The number of unbranched alkanes of at least 4 members (excludes halogenated alkanes) is 12. The number of nitrogens with one attached hydrogen (secondary N) is 1. The van der Waals surface area contributed by atoms with Gasteiger partial charge in [-0.2, -0.15) is 0 Å². The van der Waals surface area contributed by atoms with Crippen LogP contribution in [0.1, 0.15) is 96.8 Å². The quantitative estimate of drug-likeness (QED) is 0.348. The van der Waals surface area contributed by atoms with Gasteiger partial charge >= 0.3 is 5.97 Å². The highest BCUT2D eigenvalue weighted by Gasteiger charge is 2.15. The van der Waals surface area contributed by atoms with Crippen LogP contribution in [0.25, 0.3) is 0 Å². The SMILES string of the molecule is CCCCCCCCCCCCCCCNC(=O)C[C@H](N)C(=O)O. The summed E-state index contributed by atoms with van der Waals surface area (Å²) in [5, 5.41) is 11.3. The molecule has 1 atom stereocenters. The summed E-state index contributed by atoms with van der Waals surface area (Å²) in [7, 11) is 0. The highest BCUT2D eigenvalue weighted by Crippen LogP contribution is 2.12. The van der Waals surface area contributed by atoms with Crippen LogP contribution in [0.15, 0.2) is 0 Å². The number of carbonyl (C=O) groups excluding carboxylic acids is 1. The highest BCUT2D eigenvalue weighted by atomic mass is 16.4. The van der Waals surface area contributed by atoms with Crippen LogP contribution in [0.3, 0.4) is 0 Å². The lowest BCUT2D eigenvalue weighted by molar-refractivity contribution is -0.140. The van der Waals surface area contributed by atoms with Crippen molar-refractivity contribution in [3.63, 3.8) is 0 Å². The predicted molar refractivity (Wildman–Crippen MR) is 98.9 cm³/mol. The number of hydrogen-bond acceptors (Lipinski definition) is 3. The molecule has 24 heavy (non-hydrogen) atoms. The molecule has 0 aliphatic carbocycles. The number of hydrogen-bond donors (Lipinski definition) is 3. The predicted octanol–water partition coefficient (Wildman–Crippen LogP) is 4.00. The molecule has 0 bridgehead atoms. The minimum Gasteiger partial charge on any atom is -0.480 e. The Labute approximate surface area is 147 Å². The molecule has 0 radical (unpaired) electrons. The minimum atomic E-state index is -1.13. The Kier molecular flexibility index (Phi) is 16.0. The molecule has 4 N–H and O–H groups in total. The van der Waals surface area contributed by atoms with Crippen molar-refractivity contribution in [1.29, 1.82) is 0 Å². The largest absolute Gasteiger partial charge is 0.480 e. The van der Waals surface area contributed by atoms with E-state index in [0.717, 1.165) is 12.8 Å². The standard InChI is InChI=1S/C19H38N2O3/c1-2-3-4-5-6-7-8-9-10-11-12-13-14-15-21-18(22)16-17(20)19(23)24/h17H,2-16,20H2,1H3,(H,21,22)(H,23,24)/t17-/m0/s1. The van der Waals surface area contributed by atoms with Crippen molar-refractivity contribution in [2.24, 2.45) is 5.73 Å². The van der Waals surface area contributed by atoms with Gasteiger partial charge in [-0.15, -0.1) is 0 Å². The summed E-state index contributed by atoms with van der Waals surface area (Å²) in [4.78, 5) is 22.0. The molecule has 0 aromatic carbocycles. The second kappa shape index (κ2) is 16.7. The van der Waals surface area contributed by atoms with Crippen LogP contribution >= 0.6 is 0 Å². The fourth-order valence-corrected chi connectivity index (χ4v) is 2.73. The molecule has 0 aliphatic rings. The van der Waals surface area contributed by atoms with E-state index < -0.39 is 12.0 Å². The van der Waals surface area contributed by atoms with Crippen molar-refractivity contribution in [2.45, 2.75) is 103 Å². The normalized spacial score (nSPS) is 12.1. The average Bonchev–Trinajstić information content (AvgIpc) is 2.55. The Morgan fingerprint density at radius 1 is 0.833 bits per heavy atom. The van der Waals surface area contributed by atoms with Gasteiger partial charge < -0.3 is 16.2 Å². The van der Waals surface area contributed by atoms with E-state index in [4.69, 9.17) is 10.8 Å². The minimum absolute atomic E-state index is 0.145. The van der Waals surface area contributed by atoms with Crippen LogP contribution in [0, 0.1) is 0 Å². The summed E-state index contributed by atoms with van der Waals surface area (Å²) in [5.41, 5.74) is 5.31. The Hall–Kier alpha value is -1.10. The van der Waals surface area contributed by atoms with Crippen LogP contribution in [0.5, 0.6) is 0 Å². The lowest BCUT2D eigenvalue weighted by Crippen LogP contribution is -2.37. The summed E-state index contributed by atoms with van der Waals surface area (Å²) in [6, 6.07) is -1.10. The Balaban J connectivity index is 3.20. The van der Waals surface area contributed by atoms with Crippen LogP contribution in [0.2, 0.25) is 0 Å². The van der Waals surface area contributed by atoms with E-state index in [1.807, 2.05) is 0 Å². The van der Waals surface area contributed by atoms with Crippen molar-refractivity contribution in [2.75, 3.05) is 6.54 Å². The fourth-order valence-electron chi connectivity index (χ4n) is 2.73. The number of amides is 1. The van der Waals surface area contributed by atoms with Gasteiger partial charge in [-0.25, -0.2) is 0 Å². The Morgan fingerprint density at radius 3 is 1.67 bits per heavy atom. The summed E-state index contributed by atoms with van der Waals surface area (Å²) < 4.78 is 0. The third-order valence-electron chi connectivity index (χ3n) is 4.33. The summed E-state index contributed by atoms with van der Waals surface area (Å²) >= 11 is 0. The number of nitrogens with two attached hydrogens (primary N) is 1. The van der Waals surface area contributed by atoms with E-state index in [2.05, 4.69) is 12.2 Å². The van der Waals surface area contributed by atoms with Gasteiger partial charge in [-0.1, -0.05) is 84.0 Å². The molecule has 5 heteroatoms. The molecule has 1 amide bonds. The molecule has 0 spiro atoms. The van der Waals surface area contributed by atoms with Gasteiger partial charge in [0.2, 0.25) is 5.91 Å². The molecule has 0 saturated carbocycles. The molecular formula is C19H38N2O3. The van der Waals surface area contributed by atoms with Crippen molar-refractivity contribution in [3.8, 4) is 0 Å². The number of carbonyl (C=O) groups is 2. The van der Waals surface area contributed by atoms with Crippen molar-refractivity contribution < 1.29 is 14.7 Å². The molecular weight excluding hydrogens is 304 g/mol. The smallest absolute Gasteiger partial charge is 0.321 e. The maximum absolute atomic E-state index is 11.4. The summed E-state index contributed by atoms with van der Waals surface area (Å²) in [6.07, 6.45) is 16.7. The maximum Gasteiger partial charge on any atom is 0.321 e. The first kappa shape index (κ1) is 22.9. The molecule has 0 aliphatic heterocycles. The molecule has 5 nitrogen and oxygen atoms in total. The van der Waals surface area contributed by atoms with Gasteiger partial charge in [0.15, 0.2) is 0 Å². The third-order valence-corrected chi connectivity index (χ3v) is 4.33. The molecule has 0 aromatic rings. The molecule has 0 unspecified atom stereocenters. The molecule has 0 heterocycles. The first-order chi connectivity index (χ1) is 11.6. The van der Waals surface area contributed by atoms with Crippen molar-refractivity contribution >= 4 is 11.9 Å². The van der Waals surface area contributed by atoms with Gasteiger partial charge in [0.25, 0.3) is 0 Å². The van der Waals surface area contributed by atoms with E-state index in [0.29, 0.717) is 6.54 Å². The lowest BCUT2D eigenvalue weighted by Gasteiger charge is -2.07. The first-order valence-electron chi connectivity index (χ1n) is 9.83. The zero-order chi connectivity index (χ0) is 18.0. The maximum atomic E-state index is 11.4. The third kappa shape index (κ3) is 15.8. The number of carboxylic acids is 1. The number of aliphatic carboxylic acids is 1. The second-order valence-corrected chi connectivity index (χ2v) is 6.74. The summed E-state index contributed by atoms with van der Waals surface area (Å²) in [6.45, 7) is 2.87. The highest BCUT2D eigenvalue weighted by molar-refractivity contribution is 5.84. The first-order valence-corrected chi connectivity index (χ1v) is 9.83. The molecule has 0 fully saturated rings. The average molecular weight is 343 g/mol. The van der Waals surface area contributed by atoms with Gasteiger partial charge in [-0.3, -0.25) is 9.59 Å². The monoisotopic (exact) mass is 342 g/mol. The molecule has 0 rings (SSSR count). The van der Waals surface area contributed by atoms with Gasteiger partial charge in [0.1, 0.15) is 6.04 Å². The summed E-state index contributed by atoms with van der Waals surface area (Å²) in [5.74, 6) is -1.41. The van der Waals surface area contributed by atoms with Gasteiger partial charge in [0, 0.05) is 6.54 Å². The van der Waals surface area contributed by atoms with E-state index in [1.165, 1.54) is 70.6 Å². The van der Waals surface area contributed by atoms with Gasteiger partial charge in [0.05, 0.1) is 6.42 Å². The lowest BCUT2D eigenvalue weighted by atomic mass is 10.0. The number of carboxylic acid groups (broad SMARTS) is 1. The molecule has 0 saturated heterocycles. The van der Waals surface area contributed by atoms with Gasteiger partial charge in [-0.05, 0) is 6.42 Å². The van der Waals surface area contributed by atoms with E-state index in [9.17, 15) is 9.59 Å². The number of rotatable bonds is 17. The van der Waals surface area contributed by atoms with Crippen molar-refractivity contribution in [1.82, 2.24) is 5.32 Å². The molecule has 142 valence electrons. The van der Waals surface area contributed by atoms with Crippen LogP contribution < -0.4 is 11.1 Å². The van der Waals surface area contributed by atoms with Crippen LogP contribution in [0.4, 0.5) is 0 Å². The van der Waals surface area contributed by atoms with Crippen molar-refractivity contribution in [3.05, 3.63) is 0 Å². The van der Waals surface area contributed by atoms with Crippen LogP contribution in [-0.2, 0) is 9.59 Å². The van der Waals surface area contributed by atoms with Crippen LogP contribution in [-0.4, -0.2) is 29.6 Å². The van der Waals surface area contributed by atoms with E-state index in [-0.39, 0.29) is 12.3 Å². The Morgan fingerprint density at radius 2 is 1.25 bits per heavy atom. The van der Waals surface area contributed by atoms with E-state index >= 15 is 0 Å². The molecule has 0 aromatic heterocycles. The second-order valence-electron chi connectivity index (χ2n) is 6.74. The zero-order valence-electron chi connectivity index (χ0n) is 15.5. The Bertz CT molecular complexity index is 322. The zero-order valence-corrected chi connectivity index (χ0v) is 15.5. The van der Waals surface area contributed by atoms with E-state index in [1.54, 1.807) is 0 Å². The fraction of sp³-hybridized carbons (Fsp3) is 0.895. The topological polar surface area (TPSA) is 92.4 Å².